The maximum atomic E-state index is 8.47. The van der Waals surface area contributed by atoms with Crippen molar-refractivity contribution in [3.8, 4) is 0 Å². The van der Waals surface area contributed by atoms with E-state index >= 15 is 0 Å². The van der Waals surface area contributed by atoms with Crippen molar-refractivity contribution in [1.29, 1.82) is 0 Å². The summed E-state index contributed by atoms with van der Waals surface area (Å²) in [6.07, 6.45) is 7.82. The predicted octanol–water partition coefficient (Wildman–Crippen LogP) is 1.39. The maximum absolute atomic E-state index is 8.47. The van der Waals surface area contributed by atoms with Crippen LogP contribution >= 0.6 is 0 Å². The molecule has 1 fully saturated rings. The average molecular weight is 199 g/mol. The van der Waals surface area contributed by atoms with Gasteiger partial charge in [-0.1, -0.05) is 30.8 Å². The number of likely N-dealkylation sites (N-methyl/N-ethyl adjacent to an activating group) is 1. The second-order valence-electron chi connectivity index (χ2n) is 4.15. The molecule has 82 valence electrons. The zero-order valence-corrected chi connectivity index (χ0v) is 8.95. The number of nitrogens with two attached hydrogens (primary N) is 1. The highest BCUT2D eigenvalue weighted by molar-refractivity contribution is 5.81. The van der Waals surface area contributed by atoms with Gasteiger partial charge in [0.25, 0.3) is 0 Å². The van der Waals surface area contributed by atoms with E-state index in [9.17, 15) is 0 Å². The van der Waals surface area contributed by atoms with Gasteiger partial charge in [-0.3, -0.25) is 4.90 Å². The summed E-state index contributed by atoms with van der Waals surface area (Å²) in [6.45, 7) is 0.571. The van der Waals surface area contributed by atoms with Gasteiger partial charge in [0.1, 0.15) is 0 Å². The summed E-state index contributed by atoms with van der Waals surface area (Å²) in [5.41, 5.74) is 5.48. The minimum Gasteiger partial charge on any atom is -0.409 e. The summed E-state index contributed by atoms with van der Waals surface area (Å²) in [5.74, 6) is 0.303. The molecule has 1 rings (SSSR count). The third-order valence-corrected chi connectivity index (χ3v) is 2.99. The van der Waals surface area contributed by atoms with Crippen LogP contribution in [0.3, 0.4) is 0 Å². The van der Waals surface area contributed by atoms with E-state index in [2.05, 4.69) is 10.1 Å². The van der Waals surface area contributed by atoms with E-state index in [1.165, 1.54) is 38.5 Å². The smallest absolute Gasteiger partial charge is 0.153 e. The number of rotatable bonds is 3. The van der Waals surface area contributed by atoms with Crippen LogP contribution in [0.5, 0.6) is 0 Å². The Kier molecular flexibility index (Phi) is 4.73. The Labute approximate surface area is 85.8 Å². The van der Waals surface area contributed by atoms with E-state index in [0.29, 0.717) is 18.4 Å². The molecule has 0 aromatic carbocycles. The molecule has 0 saturated heterocycles. The molecule has 0 amide bonds. The largest absolute Gasteiger partial charge is 0.409 e. The molecular formula is C10H21N3O. The van der Waals surface area contributed by atoms with Gasteiger partial charge in [-0.15, -0.1) is 0 Å². The van der Waals surface area contributed by atoms with Crippen LogP contribution < -0.4 is 5.73 Å². The number of amidine groups is 1. The topological polar surface area (TPSA) is 61.8 Å². The molecule has 0 aliphatic heterocycles. The molecule has 4 heteroatoms. The second kappa shape index (κ2) is 5.86. The quantitative estimate of drug-likeness (QED) is 0.237. The average Bonchev–Trinajstić information content (AvgIpc) is 2.45. The summed E-state index contributed by atoms with van der Waals surface area (Å²) in [4.78, 5) is 2.19. The molecule has 0 aromatic rings. The van der Waals surface area contributed by atoms with Crippen LogP contribution in [-0.2, 0) is 0 Å². The molecule has 1 saturated carbocycles. The summed E-state index contributed by atoms with van der Waals surface area (Å²) in [6, 6.07) is 0.609. The fraction of sp³-hybridized carbons (Fsp3) is 0.900. The molecule has 0 spiro atoms. The van der Waals surface area contributed by atoms with Crippen molar-refractivity contribution >= 4 is 5.84 Å². The minimum atomic E-state index is 0.303. The van der Waals surface area contributed by atoms with Crippen LogP contribution in [0.15, 0.2) is 5.16 Å². The Hall–Kier alpha value is -0.770. The summed E-state index contributed by atoms with van der Waals surface area (Å²) in [7, 11) is 2.05. The fourth-order valence-corrected chi connectivity index (χ4v) is 2.11. The number of oxime groups is 1. The standard InChI is InChI=1S/C10H21N3O/c1-13(8-10(11)12-14)9-6-4-2-3-5-7-9/h9,14H,2-8H2,1H3,(H2,11,12). The Balaban J connectivity index is 2.37. The van der Waals surface area contributed by atoms with E-state index in [0.717, 1.165) is 0 Å². The molecule has 1 aliphatic rings. The van der Waals surface area contributed by atoms with Crippen LogP contribution in [-0.4, -0.2) is 35.6 Å². The summed E-state index contributed by atoms with van der Waals surface area (Å²) < 4.78 is 0. The molecule has 4 nitrogen and oxygen atoms in total. The number of nitrogens with zero attached hydrogens (tertiary/aromatic N) is 2. The summed E-state index contributed by atoms with van der Waals surface area (Å²) >= 11 is 0. The second-order valence-corrected chi connectivity index (χ2v) is 4.15. The molecule has 0 heterocycles. The van der Waals surface area contributed by atoms with Crippen LogP contribution in [0.4, 0.5) is 0 Å². The molecule has 0 unspecified atom stereocenters. The van der Waals surface area contributed by atoms with E-state index in [1.807, 2.05) is 7.05 Å². The van der Waals surface area contributed by atoms with Gasteiger partial charge < -0.3 is 10.9 Å². The number of hydrogen-bond donors (Lipinski definition) is 2. The highest BCUT2D eigenvalue weighted by Gasteiger charge is 2.17. The van der Waals surface area contributed by atoms with E-state index < -0.39 is 0 Å². The van der Waals surface area contributed by atoms with Crippen molar-refractivity contribution in [3.63, 3.8) is 0 Å². The zero-order valence-electron chi connectivity index (χ0n) is 8.95. The Morgan fingerprint density at radius 2 is 1.93 bits per heavy atom. The first-order valence-electron chi connectivity index (χ1n) is 5.40. The van der Waals surface area contributed by atoms with Gasteiger partial charge in [0, 0.05) is 6.04 Å². The minimum absolute atomic E-state index is 0.303. The monoisotopic (exact) mass is 199 g/mol. The predicted molar refractivity (Wildman–Crippen MR) is 57.5 cm³/mol. The van der Waals surface area contributed by atoms with Crippen molar-refractivity contribution in [2.45, 2.75) is 44.6 Å². The lowest BCUT2D eigenvalue weighted by Crippen LogP contribution is -2.38. The summed E-state index contributed by atoms with van der Waals surface area (Å²) in [5, 5.41) is 11.5. The first-order chi connectivity index (χ1) is 6.74. The maximum Gasteiger partial charge on any atom is 0.153 e. The van der Waals surface area contributed by atoms with Crippen LogP contribution in [0.2, 0.25) is 0 Å². The van der Waals surface area contributed by atoms with Crippen molar-refractivity contribution in [1.82, 2.24) is 4.90 Å². The highest BCUT2D eigenvalue weighted by atomic mass is 16.4. The molecule has 1 aliphatic carbocycles. The normalized spacial score (nSPS) is 21.1. The molecular weight excluding hydrogens is 178 g/mol. The van der Waals surface area contributed by atoms with Gasteiger partial charge >= 0.3 is 0 Å². The lowest BCUT2D eigenvalue weighted by molar-refractivity contribution is 0.243. The van der Waals surface area contributed by atoms with Crippen molar-refractivity contribution in [2.24, 2.45) is 10.9 Å². The third-order valence-electron chi connectivity index (χ3n) is 2.99. The van der Waals surface area contributed by atoms with Crippen molar-refractivity contribution < 1.29 is 5.21 Å². The first-order valence-corrected chi connectivity index (χ1v) is 5.40. The van der Waals surface area contributed by atoms with Gasteiger partial charge in [-0.2, -0.15) is 0 Å². The molecule has 0 atom stereocenters. The molecule has 14 heavy (non-hydrogen) atoms. The third kappa shape index (κ3) is 3.54. The van der Waals surface area contributed by atoms with Crippen LogP contribution in [0, 0.1) is 0 Å². The van der Waals surface area contributed by atoms with E-state index in [-0.39, 0.29) is 0 Å². The van der Waals surface area contributed by atoms with Gasteiger partial charge in [0.15, 0.2) is 5.84 Å². The van der Waals surface area contributed by atoms with E-state index in [1.54, 1.807) is 0 Å². The Morgan fingerprint density at radius 3 is 2.43 bits per heavy atom. The van der Waals surface area contributed by atoms with Crippen LogP contribution in [0.1, 0.15) is 38.5 Å². The lowest BCUT2D eigenvalue weighted by Gasteiger charge is -2.26. The molecule has 3 N–H and O–H groups in total. The molecule has 0 aromatic heterocycles. The van der Waals surface area contributed by atoms with Gasteiger partial charge in [-0.05, 0) is 19.9 Å². The highest BCUT2D eigenvalue weighted by Crippen LogP contribution is 2.20. The zero-order chi connectivity index (χ0) is 10.4. The molecule has 0 radical (unpaired) electrons. The SMILES string of the molecule is CN(C/C(N)=N/O)C1CCCCCC1. The van der Waals surface area contributed by atoms with Crippen molar-refractivity contribution in [3.05, 3.63) is 0 Å². The molecule has 0 bridgehead atoms. The van der Waals surface area contributed by atoms with Crippen LogP contribution in [0.25, 0.3) is 0 Å². The van der Waals surface area contributed by atoms with Gasteiger partial charge in [-0.25, -0.2) is 0 Å². The number of hydrogen-bond acceptors (Lipinski definition) is 3. The van der Waals surface area contributed by atoms with Crippen molar-refractivity contribution in [2.75, 3.05) is 13.6 Å². The Morgan fingerprint density at radius 1 is 1.36 bits per heavy atom. The first kappa shape index (κ1) is 11.3. The Bertz CT molecular complexity index is 186. The lowest BCUT2D eigenvalue weighted by atomic mass is 10.1. The fourth-order valence-electron chi connectivity index (χ4n) is 2.11. The van der Waals surface area contributed by atoms with Gasteiger partial charge in [0.05, 0.1) is 6.54 Å². The van der Waals surface area contributed by atoms with E-state index in [4.69, 9.17) is 10.9 Å². The van der Waals surface area contributed by atoms with Gasteiger partial charge in [0.2, 0.25) is 0 Å².